The van der Waals surface area contributed by atoms with Gasteiger partial charge in [-0.05, 0) is 23.8 Å². The first-order valence-corrected chi connectivity index (χ1v) is 10.8. The largest absolute Gasteiger partial charge is 0.496 e. The van der Waals surface area contributed by atoms with Crippen molar-refractivity contribution in [2.24, 2.45) is 0 Å². The van der Waals surface area contributed by atoms with Gasteiger partial charge in [-0.3, -0.25) is 14.6 Å². The minimum atomic E-state index is -3.11. The molecule has 1 saturated heterocycles. The van der Waals surface area contributed by atoms with Crippen LogP contribution in [0.3, 0.4) is 0 Å². The molecule has 2 amide bonds. The number of rotatable bonds is 5. The van der Waals surface area contributed by atoms with Crippen LogP contribution in [0.15, 0.2) is 54.7 Å². The second-order valence-electron chi connectivity index (χ2n) is 7.70. The van der Waals surface area contributed by atoms with Crippen molar-refractivity contribution in [2.75, 3.05) is 20.2 Å². The molecule has 1 atom stereocenters. The highest BCUT2D eigenvalue weighted by Gasteiger charge is 2.47. The Morgan fingerprint density at radius 3 is 2.71 bits per heavy atom. The number of pyridine rings is 1. The normalized spacial score (nSPS) is 16.1. The number of hydrogen-bond donors (Lipinski definition) is 1. The minimum absolute atomic E-state index is 0.294. The smallest absolute Gasteiger partial charge is 0.268 e. The van der Waals surface area contributed by atoms with Crippen molar-refractivity contribution >= 4 is 30.6 Å². The van der Waals surface area contributed by atoms with Crippen LogP contribution < -0.4 is 10.1 Å². The van der Waals surface area contributed by atoms with E-state index in [1.54, 1.807) is 19.2 Å². The molecule has 1 unspecified atom stereocenters. The predicted octanol–water partition coefficient (Wildman–Crippen LogP) is 3.60. The molecule has 1 fully saturated rings. The molecule has 0 saturated carbocycles. The maximum Gasteiger partial charge on any atom is 0.268 e. The fourth-order valence-corrected chi connectivity index (χ4v) is 3.94. The van der Waals surface area contributed by atoms with Gasteiger partial charge in [-0.2, -0.15) is 5.26 Å². The highest BCUT2D eigenvalue weighted by Crippen LogP contribution is 2.33. The first kappa shape index (κ1) is 25.6. The van der Waals surface area contributed by atoms with Crippen molar-refractivity contribution in [3.8, 4) is 22.9 Å². The number of alkyl halides is 2. The zero-order chi connectivity index (χ0) is 25.6. The van der Waals surface area contributed by atoms with Crippen molar-refractivity contribution in [2.45, 2.75) is 25.2 Å². The third-order valence-corrected chi connectivity index (χ3v) is 5.54. The molecule has 178 valence electrons. The number of aromatic nitrogens is 1. The number of fused-ring (bicyclic) bond motifs is 1. The zero-order valence-electron chi connectivity index (χ0n) is 19.3. The van der Waals surface area contributed by atoms with E-state index >= 15 is 0 Å². The number of nitrogens with one attached hydrogen (secondary N) is 1. The molecule has 2 heterocycles. The van der Waals surface area contributed by atoms with Crippen LogP contribution in [-0.2, 0) is 4.79 Å². The molecule has 0 aliphatic carbocycles. The van der Waals surface area contributed by atoms with Crippen LogP contribution in [0.5, 0.6) is 5.75 Å². The van der Waals surface area contributed by atoms with Crippen molar-refractivity contribution < 1.29 is 23.1 Å². The summed E-state index contributed by atoms with van der Waals surface area (Å²) in [5, 5.41) is 12.1. The third kappa shape index (κ3) is 5.57. The Hall–Kier alpha value is -4.00. The van der Waals surface area contributed by atoms with Crippen LogP contribution in [0, 0.1) is 11.3 Å². The average Bonchev–Trinajstić information content (AvgIpc) is 3.22. The Morgan fingerprint density at radius 1 is 1.26 bits per heavy atom. The van der Waals surface area contributed by atoms with Crippen molar-refractivity contribution in [1.82, 2.24) is 15.2 Å². The molecule has 0 bridgehead atoms. The standard InChI is InChI=1S/C24H20F2N4O3.CH3B/c1-33-21-5-3-2-4-17(21)15-6-7-18-19(8-9-28-20(18)10-15)23(32)29-13-22(31)30-14-24(25,26)11-16(30)12-27;1-2/h2-10,16H,11,13-14H2,1H3,(H,29,32);1H3. The number of nitrogens with zero attached hydrogens (tertiary/aromatic N) is 3. The van der Waals surface area contributed by atoms with Gasteiger partial charge in [0.25, 0.3) is 11.8 Å². The summed E-state index contributed by atoms with van der Waals surface area (Å²) in [6.45, 7) is 0.181. The van der Waals surface area contributed by atoms with Gasteiger partial charge in [0.15, 0.2) is 0 Å². The summed E-state index contributed by atoms with van der Waals surface area (Å²) in [4.78, 5) is 30.3. The van der Waals surface area contributed by atoms with Crippen LogP contribution in [0.4, 0.5) is 8.78 Å². The van der Waals surface area contributed by atoms with Crippen molar-refractivity contribution in [3.05, 3.63) is 60.3 Å². The Balaban J connectivity index is 0.00000167. The van der Waals surface area contributed by atoms with Crippen molar-refractivity contribution in [1.29, 1.82) is 5.26 Å². The predicted molar refractivity (Wildman–Crippen MR) is 128 cm³/mol. The van der Waals surface area contributed by atoms with E-state index in [4.69, 9.17) is 10.00 Å². The highest BCUT2D eigenvalue weighted by molar-refractivity contribution is 6.07. The Morgan fingerprint density at radius 2 is 2.00 bits per heavy atom. The molecule has 0 spiro atoms. The molecule has 2 radical (unpaired) electrons. The Labute approximate surface area is 203 Å². The van der Waals surface area contributed by atoms with Gasteiger partial charge in [0.2, 0.25) is 5.91 Å². The lowest BCUT2D eigenvalue weighted by molar-refractivity contribution is -0.131. The number of hydrogen-bond acceptors (Lipinski definition) is 5. The maximum absolute atomic E-state index is 13.6. The molecule has 1 aliphatic rings. The molecule has 7 nitrogen and oxygen atoms in total. The van der Waals surface area contributed by atoms with E-state index in [0.717, 1.165) is 16.0 Å². The quantitative estimate of drug-likeness (QED) is 0.568. The van der Waals surface area contributed by atoms with Gasteiger partial charge in [-0.1, -0.05) is 37.2 Å². The van der Waals surface area contributed by atoms with Crippen LogP contribution in [0.1, 0.15) is 16.8 Å². The number of benzene rings is 2. The van der Waals surface area contributed by atoms with Gasteiger partial charge in [0.1, 0.15) is 11.8 Å². The molecular formula is C25H23BF2N4O3. The fraction of sp³-hybridized carbons (Fsp3) is 0.280. The first-order valence-electron chi connectivity index (χ1n) is 10.8. The van der Waals surface area contributed by atoms with E-state index in [1.165, 1.54) is 19.1 Å². The second kappa shape index (κ2) is 11.0. The zero-order valence-corrected chi connectivity index (χ0v) is 19.3. The molecule has 3 aromatic rings. The van der Waals surface area contributed by atoms with Gasteiger partial charge in [0, 0.05) is 23.6 Å². The van der Waals surface area contributed by atoms with Gasteiger partial charge in [0.05, 0.1) is 45.2 Å². The summed E-state index contributed by atoms with van der Waals surface area (Å²) < 4.78 is 32.6. The average molecular weight is 476 g/mol. The Kier molecular flexibility index (Phi) is 8.02. The monoisotopic (exact) mass is 476 g/mol. The van der Waals surface area contributed by atoms with Crippen molar-refractivity contribution in [3.63, 3.8) is 0 Å². The van der Waals surface area contributed by atoms with E-state index in [1.807, 2.05) is 36.4 Å². The number of ether oxygens (including phenoxy) is 1. The summed E-state index contributed by atoms with van der Waals surface area (Å²) in [7, 11) is 6.09. The number of carbonyl (C=O) groups is 2. The van der Waals surface area contributed by atoms with E-state index in [-0.39, 0.29) is 0 Å². The van der Waals surface area contributed by atoms with E-state index in [0.29, 0.717) is 22.2 Å². The number of amides is 2. The molecule has 2 aromatic carbocycles. The minimum Gasteiger partial charge on any atom is -0.496 e. The summed E-state index contributed by atoms with van der Waals surface area (Å²) in [6.07, 6.45) is 0.782. The lowest BCUT2D eigenvalue weighted by atomic mass is 10.0. The van der Waals surface area contributed by atoms with Crippen LogP contribution >= 0.6 is 0 Å². The lowest BCUT2D eigenvalue weighted by Crippen LogP contribution is -2.43. The number of likely N-dealkylation sites (tertiary alicyclic amines) is 1. The van der Waals surface area contributed by atoms with E-state index in [9.17, 15) is 18.4 Å². The topological polar surface area (TPSA) is 95.3 Å². The fourth-order valence-electron chi connectivity index (χ4n) is 3.94. The maximum atomic E-state index is 13.6. The van der Waals surface area contributed by atoms with Crippen LogP contribution in [0.2, 0.25) is 6.82 Å². The molecule has 4 rings (SSSR count). The Bertz CT molecular complexity index is 1280. The van der Waals surface area contributed by atoms with Gasteiger partial charge >= 0.3 is 0 Å². The molecule has 35 heavy (non-hydrogen) atoms. The van der Waals surface area contributed by atoms with E-state index < -0.39 is 43.3 Å². The number of methoxy groups -OCH3 is 1. The molecule has 1 N–H and O–H groups in total. The van der Waals surface area contributed by atoms with E-state index in [2.05, 4.69) is 18.1 Å². The van der Waals surface area contributed by atoms with Gasteiger partial charge < -0.3 is 15.0 Å². The second-order valence-corrected chi connectivity index (χ2v) is 7.70. The number of nitriles is 1. The lowest BCUT2D eigenvalue weighted by Gasteiger charge is -2.19. The van der Waals surface area contributed by atoms with Crippen LogP contribution in [0.25, 0.3) is 22.0 Å². The highest BCUT2D eigenvalue weighted by atomic mass is 19.3. The number of halogens is 2. The first-order chi connectivity index (χ1) is 16.8. The summed E-state index contributed by atoms with van der Waals surface area (Å²) in [6, 6.07) is 15.0. The summed E-state index contributed by atoms with van der Waals surface area (Å²) in [5.74, 6) is -3.68. The third-order valence-electron chi connectivity index (χ3n) is 5.54. The van der Waals surface area contributed by atoms with Gasteiger partial charge in [-0.15, -0.1) is 0 Å². The summed E-state index contributed by atoms with van der Waals surface area (Å²) in [5.41, 5.74) is 2.60. The molecule has 10 heteroatoms. The molecule has 1 aliphatic heterocycles. The van der Waals surface area contributed by atoms with Gasteiger partial charge in [-0.25, -0.2) is 8.78 Å². The molecule has 1 aromatic heterocycles. The van der Waals surface area contributed by atoms with Crippen LogP contribution in [-0.4, -0.2) is 61.7 Å². The SMILES string of the molecule is COc1ccccc1-c1ccc2c(C(=O)NCC(=O)N3CC(F)(F)CC3C#N)ccnc2c1.[B]C. The number of carbonyl (C=O) groups excluding carboxylic acids is 2. The summed E-state index contributed by atoms with van der Waals surface area (Å²) >= 11 is 0. The molecular weight excluding hydrogens is 453 g/mol. The number of para-hydroxylation sites is 1.